The average molecular weight is 457 g/mol. The van der Waals surface area contributed by atoms with E-state index in [4.69, 9.17) is 10.5 Å². The van der Waals surface area contributed by atoms with E-state index in [0.29, 0.717) is 17.8 Å². The largest absolute Gasteiger partial charge is 0.465 e. The number of carbonyl (C=O) groups is 3. The number of amides is 2. The van der Waals surface area contributed by atoms with Crippen LogP contribution in [-0.4, -0.2) is 35.9 Å². The van der Waals surface area contributed by atoms with Gasteiger partial charge in [-0.15, -0.1) is 0 Å². The lowest BCUT2D eigenvalue weighted by molar-refractivity contribution is -0.117. The molecule has 0 radical (unpaired) electrons. The number of ether oxygens (including phenoxy) is 1. The van der Waals surface area contributed by atoms with Crippen molar-refractivity contribution in [1.29, 1.82) is 0 Å². The third-order valence-electron chi connectivity index (χ3n) is 5.46. The van der Waals surface area contributed by atoms with Crippen molar-refractivity contribution in [1.82, 2.24) is 4.98 Å². The average Bonchev–Trinajstić information content (AvgIpc) is 3.27. The molecule has 172 valence electrons. The van der Waals surface area contributed by atoms with E-state index >= 15 is 0 Å². The van der Waals surface area contributed by atoms with Crippen LogP contribution in [0.15, 0.2) is 79.0 Å². The number of esters is 1. The summed E-state index contributed by atoms with van der Waals surface area (Å²) in [7, 11) is 1.27. The molecule has 0 saturated carbocycles. The summed E-state index contributed by atoms with van der Waals surface area (Å²) in [6, 6.07) is 20.1. The van der Waals surface area contributed by atoms with Gasteiger partial charge in [-0.2, -0.15) is 0 Å². The molecule has 1 aromatic heterocycles. The normalized spacial score (nSPS) is 11.6. The van der Waals surface area contributed by atoms with Crippen LogP contribution in [0.5, 0.6) is 0 Å². The monoisotopic (exact) mass is 456 g/mol. The number of para-hydroxylation sites is 3. The molecule has 0 aliphatic heterocycles. The second-order valence-electron chi connectivity index (χ2n) is 7.70. The molecule has 4 aromatic rings. The zero-order valence-electron chi connectivity index (χ0n) is 18.5. The van der Waals surface area contributed by atoms with Crippen LogP contribution < -0.4 is 16.4 Å². The molecule has 4 rings (SSSR count). The first-order chi connectivity index (χ1) is 16.5. The van der Waals surface area contributed by atoms with Crippen molar-refractivity contribution in [2.24, 2.45) is 5.73 Å². The van der Waals surface area contributed by atoms with Crippen LogP contribution in [0.2, 0.25) is 0 Å². The van der Waals surface area contributed by atoms with E-state index in [1.54, 1.807) is 48.5 Å². The number of rotatable bonds is 7. The molecule has 0 unspecified atom stereocenters. The van der Waals surface area contributed by atoms with Crippen LogP contribution in [0.1, 0.15) is 26.3 Å². The third kappa shape index (κ3) is 4.82. The molecular weight excluding hydrogens is 432 g/mol. The molecule has 0 spiro atoms. The molecule has 0 saturated heterocycles. The van der Waals surface area contributed by atoms with Gasteiger partial charge in [0.1, 0.15) is 0 Å². The van der Waals surface area contributed by atoms with E-state index in [9.17, 15) is 14.4 Å². The Morgan fingerprint density at radius 1 is 0.882 bits per heavy atom. The molecule has 8 heteroatoms. The highest BCUT2D eigenvalue weighted by atomic mass is 16.5. The fourth-order valence-electron chi connectivity index (χ4n) is 3.72. The van der Waals surface area contributed by atoms with E-state index in [0.717, 1.165) is 16.5 Å². The number of nitrogens with two attached hydrogens (primary N) is 1. The number of aromatic nitrogens is 1. The molecule has 5 N–H and O–H groups in total. The lowest BCUT2D eigenvalue weighted by Gasteiger charge is -2.15. The fraction of sp³-hybridized carbons (Fsp3) is 0.115. The standard InChI is InChI=1S/C26H24N4O4/c1-34-26(33)19-10-4-7-13-23(19)29-24(31)18-9-3-6-12-22(18)30-25(32)20(27)14-16-15-28-21-11-5-2-8-17(16)21/h2-13,15,20,28H,14,27H2,1H3,(H,29,31)(H,30,32)/t20-/m1/s1. The minimum Gasteiger partial charge on any atom is -0.465 e. The Bertz CT molecular complexity index is 1360. The predicted octanol–water partition coefficient (Wildman–Crippen LogP) is 3.72. The molecule has 0 aliphatic rings. The highest BCUT2D eigenvalue weighted by molar-refractivity contribution is 6.12. The molecule has 8 nitrogen and oxygen atoms in total. The number of methoxy groups -OCH3 is 1. The molecule has 0 bridgehead atoms. The number of hydrogen-bond acceptors (Lipinski definition) is 5. The predicted molar refractivity (Wildman–Crippen MR) is 131 cm³/mol. The summed E-state index contributed by atoms with van der Waals surface area (Å²) in [5.74, 6) is -1.47. The molecule has 34 heavy (non-hydrogen) atoms. The summed E-state index contributed by atoms with van der Waals surface area (Å²) >= 11 is 0. The number of aromatic amines is 1. The topological polar surface area (TPSA) is 126 Å². The van der Waals surface area contributed by atoms with Crippen molar-refractivity contribution in [2.75, 3.05) is 17.7 Å². The van der Waals surface area contributed by atoms with Gasteiger partial charge in [-0.25, -0.2) is 4.79 Å². The van der Waals surface area contributed by atoms with Crippen LogP contribution in [0, 0.1) is 0 Å². The maximum absolute atomic E-state index is 13.0. The highest BCUT2D eigenvalue weighted by Crippen LogP contribution is 2.22. The van der Waals surface area contributed by atoms with E-state index in [1.807, 2.05) is 30.5 Å². The highest BCUT2D eigenvalue weighted by Gasteiger charge is 2.20. The van der Waals surface area contributed by atoms with Crippen molar-refractivity contribution in [3.8, 4) is 0 Å². The van der Waals surface area contributed by atoms with Crippen molar-refractivity contribution in [3.05, 3.63) is 95.7 Å². The maximum Gasteiger partial charge on any atom is 0.339 e. The first kappa shape index (κ1) is 22.8. The second kappa shape index (κ2) is 10.0. The van der Waals surface area contributed by atoms with Gasteiger partial charge in [0.15, 0.2) is 0 Å². The van der Waals surface area contributed by atoms with Crippen LogP contribution in [-0.2, 0) is 16.0 Å². The smallest absolute Gasteiger partial charge is 0.339 e. The van der Waals surface area contributed by atoms with Crippen molar-refractivity contribution in [3.63, 3.8) is 0 Å². The van der Waals surface area contributed by atoms with E-state index in [-0.39, 0.29) is 11.1 Å². The molecule has 0 fully saturated rings. The van der Waals surface area contributed by atoms with Crippen molar-refractivity contribution in [2.45, 2.75) is 12.5 Å². The quantitative estimate of drug-likeness (QED) is 0.315. The van der Waals surface area contributed by atoms with Gasteiger partial charge in [0.05, 0.1) is 35.7 Å². The van der Waals surface area contributed by atoms with E-state index < -0.39 is 23.8 Å². The zero-order chi connectivity index (χ0) is 24.1. The van der Waals surface area contributed by atoms with Crippen molar-refractivity contribution >= 4 is 40.1 Å². The van der Waals surface area contributed by atoms with E-state index in [2.05, 4.69) is 15.6 Å². The Morgan fingerprint density at radius 2 is 1.50 bits per heavy atom. The molecule has 1 atom stereocenters. The van der Waals surface area contributed by atoms with E-state index in [1.165, 1.54) is 7.11 Å². The Hall–Kier alpha value is -4.43. The van der Waals surface area contributed by atoms with Crippen molar-refractivity contribution < 1.29 is 19.1 Å². The number of benzene rings is 3. The Balaban J connectivity index is 1.49. The minimum absolute atomic E-state index is 0.223. The fourth-order valence-corrected chi connectivity index (χ4v) is 3.72. The van der Waals surface area contributed by atoms with Crippen LogP contribution in [0.25, 0.3) is 10.9 Å². The molecule has 1 heterocycles. The Morgan fingerprint density at radius 3 is 2.24 bits per heavy atom. The minimum atomic E-state index is -0.824. The SMILES string of the molecule is COC(=O)c1ccccc1NC(=O)c1ccccc1NC(=O)[C@H](N)Cc1c[nH]c2ccccc12. The number of carbonyl (C=O) groups excluding carboxylic acids is 3. The number of fused-ring (bicyclic) bond motifs is 1. The maximum atomic E-state index is 13.0. The summed E-state index contributed by atoms with van der Waals surface area (Å²) in [4.78, 5) is 41.0. The number of nitrogens with one attached hydrogen (secondary N) is 3. The molecule has 0 aliphatic carbocycles. The lowest BCUT2D eigenvalue weighted by atomic mass is 10.0. The first-order valence-electron chi connectivity index (χ1n) is 10.7. The summed E-state index contributed by atoms with van der Waals surface area (Å²) in [5.41, 5.74) is 9.16. The van der Waals surface area contributed by atoms with Gasteiger partial charge in [0, 0.05) is 17.1 Å². The summed E-state index contributed by atoms with van der Waals surface area (Å²) in [6.45, 7) is 0. The second-order valence-corrected chi connectivity index (χ2v) is 7.70. The summed E-state index contributed by atoms with van der Waals surface area (Å²) < 4.78 is 4.77. The van der Waals surface area contributed by atoms with Gasteiger partial charge in [0.25, 0.3) is 5.91 Å². The number of hydrogen-bond donors (Lipinski definition) is 4. The van der Waals surface area contributed by atoms with Crippen LogP contribution >= 0.6 is 0 Å². The molecular formula is C26H24N4O4. The van der Waals surface area contributed by atoms with Gasteiger partial charge in [0.2, 0.25) is 5.91 Å². The Kier molecular flexibility index (Phi) is 6.70. The molecule has 2 amide bonds. The lowest BCUT2D eigenvalue weighted by Crippen LogP contribution is -2.37. The summed E-state index contributed by atoms with van der Waals surface area (Å²) in [6.07, 6.45) is 2.18. The zero-order valence-corrected chi connectivity index (χ0v) is 18.5. The summed E-state index contributed by atoms with van der Waals surface area (Å²) in [5, 5.41) is 6.48. The van der Waals surface area contributed by atoms with Gasteiger partial charge >= 0.3 is 5.97 Å². The third-order valence-corrected chi connectivity index (χ3v) is 5.46. The van der Waals surface area contributed by atoms with Gasteiger partial charge in [-0.05, 0) is 42.3 Å². The number of H-pyrrole nitrogens is 1. The van der Waals surface area contributed by atoms with Gasteiger partial charge in [-0.1, -0.05) is 42.5 Å². The van der Waals surface area contributed by atoms with Crippen LogP contribution in [0.3, 0.4) is 0 Å². The molecule has 3 aromatic carbocycles. The Labute approximate surface area is 196 Å². The van der Waals surface area contributed by atoms with Gasteiger partial charge in [-0.3, -0.25) is 9.59 Å². The number of anilines is 2. The first-order valence-corrected chi connectivity index (χ1v) is 10.7. The van der Waals surface area contributed by atoms with Gasteiger partial charge < -0.3 is 26.1 Å². The van der Waals surface area contributed by atoms with Crippen LogP contribution in [0.4, 0.5) is 11.4 Å².